The van der Waals surface area contributed by atoms with E-state index in [1.165, 1.54) is 65.2 Å². The van der Waals surface area contributed by atoms with Gasteiger partial charge in [0, 0.05) is 0 Å². The van der Waals surface area contributed by atoms with Crippen LogP contribution in [0.4, 0.5) is 0 Å². The minimum atomic E-state index is -5.42. The molecular formula is C44H51Cl2N2P2Ru. The number of nitrogens with one attached hydrogen (secondary N) is 1. The second-order valence-electron chi connectivity index (χ2n) is 13.9. The van der Waals surface area contributed by atoms with E-state index in [4.69, 9.17) is 5.73 Å². The summed E-state index contributed by atoms with van der Waals surface area (Å²) in [6.07, 6.45) is 0. The van der Waals surface area contributed by atoms with Crippen molar-refractivity contribution in [2.24, 2.45) is 5.73 Å². The zero-order chi connectivity index (χ0) is 36.5. The predicted molar refractivity (Wildman–Crippen MR) is 230 cm³/mol. The number of rotatable bonds is 11. The van der Waals surface area contributed by atoms with E-state index in [0.717, 1.165) is 0 Å². The Morgan fingerprint density at radius 2 is 0.569 bits per heavy atom. The van der Waals surface area contributed by atoms with Crippen LogP contribution >= 0.6 is 30.6 Å². The molecule has 0 aliphatic rings. The van der Waals surface area contributed by atoms with Gasteiger partial charge in [-0.1, -0.05) is 0 Å². The fourth-order valence-electron chi connectivity index (χ4n) is 7.34. The average molecular weight is 842 g/mol. The SMILES string of the molecule is Cc1ccc([PH](c2ccc(C)cc2)(c2ccc(C)cc2)[Ru]([Cl])([Cl])([NH]CCN)[PH](c2ccc(C)cc2)(c2ccc(C)cc2)c2ccc(C)cc2)cc1. The van der Waals surface area contributed by atoms with Crippen LogP contribution in [0, 0.1) is 41.5 Å². The van der Waals surface area contributed by atoms with Crippen molar-refractivity contribution in [3.63, 3.8) is 0 Å². The fraction of sp³-hybridized carbons (Fsp3) is 0.182. The summed E-state index contributed by atoms with van der Waals surface area (Å²) in [6.45, 7) is 13.8. The third kappa shape index (κ3) is 6.39. The summed E-state index contributed by atoms with van der Waals surface area (Å²) < 4.78 is 4.19. The molecule has 0 bridgehead atoms. The number of hydrogen-bond acceptors (Lipinski definition) is 2. The summed E-state index contributed by atoms with van der Waals surface area (Å²) in [7, 11) is 13.3. The van der Waals surface area contributed by atoms with Gasteiger partial charge < -0.3 is 0 Å². The molecule has 0 heterocycles. The molecule has 7 heteroatoms. The van der Waals surface area contributed by atoms with E-state index in [0.29, 0.717) is 13.1 Å². The molecule has 0 aromatic heterocycles. The van der Waals surface area contributed by atoms with E-state index in [1.807, 2.05) is 0 Å². The molecule has 2 nitrogen and oxygen atoms in total. The van der Waals surface area contributed by atoms with Crippen molar-refractivity contribution in [3.05, 3.63) is 179 Å². The summed E-state index contributed by atoms with van der Waals surface area (Å²) in [4.78, 5) is 0. The summed E-state index contributed by atoms with van der Waals surface area (Å²) in [5.74, 6) is 0. The van der Waals surface area contributed by atoms with Crippen LogP contribution in [-0.4, -0.2) is 13.1 Å². The van der Waals surface area contributed by atoms with E-state index >= 15 is 0 Å². The maximum absolute atomic E-state index is 9.36. The maximum atomic E-state index is 9.36. The van der Waals surface area contributed by atoms with E-state index in [-0.39, 0.29) is 0 Å². The van der Waals surface area contributed by atoms with E-state index in [1.54, 1.807) is 0 Å². The zero-order valence-corrected chi connectivity index (χ0v) is 35.7. The van der Waals surface area contributed by atoms with Gasteiger partial charge in [0.05, 0.1) is 0 Å². The van der Waals surface area contributed by atoms with Crippen LogP contribution in [0.1, 0.15) is 33.4 Å². The quantitative estimate of drug-likeness (QED) is 0.101. The Morgan fingerprint density at radius 1 is 0.392 bits per heavy atom. The molecule has 0 aliphatic carbocycles. The fourth-order valence-corrected chi connectivity index (χ4v) is 80.0. The van der Waals surface area contributed by atoms with Crippen LogP contribution in [0.5, 0.6) is 0 Å². The molecule has 6 aromatic rings. The molecule has 269 valence electrons. The minimum absolute atomic E-state index is 0.398. The van der Waals surface area contributed by atoms with Gasteiger partial charge in [-0.05, 0) is 0 Å². The monoisotopic (exact) mass is 841 g/mol. The molecule has 0 fully saturated rings. The van der Waals surface area contributed by atoms with Crippen LogP contribution in [0.3, 0.4) is 0 Å². The molecule has 0 amide bonds. The molecule has 6 aromatic carbocycles. The Bertz CT molecular complexity index is 1730. The molecule has 3 N–H and O–H groups in total. The first-order valence-corrected chi connectivity index (χ1v) is 31.8. The second kappa shape index (κ2) is 15.0. The molecule has 0 atom stereocenters. The Hall–Kier alpha value is -2.70. The van der Waals surface area contributed by atoms with Gasteiger partial charge in [-0.3, -0.25) is 0 Å². The second-order valence-corrected chi connectivity index (χ2v) is 54.7. The Labute approximate surface area is 314 Å². The topological polar surface area (TPSA) is 38.0 Å². The summed E-state index contributed by atoms with van der Waals surface area (Å²) >= 11 is 0. The number of halogens is 2. The molecule has 0 saturated heterocycles. The zero-order valence-electron chi connectivity index (χ0n) is 30.5. The molecule has 0 aliphatic heterocycles. The Kier molecular flexibility index (Phi) is 11.2. The van der Waals surface area contributed by atoms with Crippen molar-refractivity contribution < 1.29 is 10.9 Å². The van der Waals surface area contributed by atoms with Gasteiger partial charge in [-0.2, -0.15) is 0 Å². The van der Waals surface area contributed by atoms with Crippen molar-refractivity contribution in [2.75, 3.05) is 13.1 Å². The Morgan fingerprint density at radius 3 is 0.725 bits per heavy atom. The number of benzene rings is 6. The molecule has 0 unspecified atom stereocenters. The van der Waals surface area contributed by atoms with Gasteiger partial charge in [-0.15, -0.1) is 0 Å². The number of nitrogens with two attached hydrogens (primary N) is 1. The van der Waals surface area contributed by atoms with E-state index in [9.17, 15) is 19.4 Å². The molecule has 0 saturated carbocycles. The predicted octanol–water partition coefficient (Wildman–Crippen LogP) is 8.58. The number of hydrogen-bond donors (Lipinski definition) is 2. The van der Waals surface area contributed by atoms with Crippen molar-refractivity contribution in [3.8, 4) is 0 Å². The van der Waals surface area contributed by atoms with Gasteiger partial charge in [0.25, 0.3) is 0 Å². The van der Waals surface area contributed by atoms with Crippen molar-refractivity contribution in [2.45, 2.75) is 41.5 Å². The van der Waals surface area contributed by atoms with Gasteiger partial charge in [0.2, 0.25) is 0 Å². The van der Waals surface area contributed by atoms with Crippen LogP contribution in [0.25, 0.3) is 0 Å². The standard InChI is InChI=1S/2C21H21P.C2H7N2.2ClH.Ru/c2*1-16-4-10-19(11-5-16)22(20-12-6-17(2)7-13-20)21-14-8-18(3)9-15-21;3-1-2-4;;;/h2*4-15H,1-3H3;3H,1-2,4H2;2*1H;/q;;-1;;;+1. The van der Waals surface area contributed by atoms with Crippen LogP contribution < -0.4 is 41.6 Å². The average Bonchev–Trinajstić information content (AvgIpc) is 3.12. The van der Waals surface area contributed by atoms with E-state index < -0.39 is 22.1 Å². The first kappa shape index (κ1) is 38.0. The normalized spacial score (nSPS) is 13.7. The van der Waals surface area contributed by atoms with Gasteiger partial charge >= 0.3 is 317 Å². The van der Waals surface area contributed by atoms with Gasteiger partial charge in [-0.25, -0.2) is 0 Å². The van der Waals surface area contributed by atoms with Gasteiger partial charge in [0.15, 0.2) is 0 Å². The van der Waals surface area contributed by atoms with Crippen LogP contribution in [0.2, 0.25) is 0 Å². The third-order valence-electron chi connectivity index (χ3n) is 10.0. The van der Waals surface area contributed by atoms with Gasteiger partial charge in [0.1, 0.15) is 0 Å². The number of aryl methyl sites for hydroxylation is 6. The first-order chi connectivity index (χ1) is 24.4. The van der Waals surface area contributed by atoms with Crippen molar-refractivity contribution >= 4 is 62.4 Å². The summed E-state index contributed by atoms with van der Waals surface area (Å²) in [6, 6.07) is 54.5. The molecule has 0 radical (unpaired) electrons. The molecular weight excluding hydrogens is 790 g/mol. The van der Waals surface area contributed by atoms with Crippen LogP contribution in [0.15, 0.2) is 146 Å². The van der Waals surface area contributed by atoms with E-state index in [2.05, 4.69) is 191 Å². The first-order valence-electron chi connectivity index (χ1n) is 17.5. The molecule has 6 rings (SSSR count). The third-order valence-corrected chi connectivity index (χ3v) is 69.1. The van der Waals surface area contributed by atoms with Crippen molar-refractivity contribution in [1.82, 2.24) is 4.06 Å². The summed E-state index contributed by atoms with van der Waals surface area (Å²) in [5, 5.41) is 7.19. The Balaban J connectivity index is 1.98. The van der Waals surface area contributed by atoms with Crippen LogP contribution in [-0.2, 0) is 10.9 Å². The van der Waals surface area contributed by atoms with Crippen molar-refractivity contribution in [1.29, 1.82) is 0 Å². The summed E-state index contributed by atoms with van der Waals surface area (Å²) in [5.41, 5.74) is 6.61. The molecule has 0 spiro atoms. The molecule has 51 heavy (non-hydrogen) atoms.